The van der Waals surface area contributed by atoms with Crippen molar-refractivity contribution in [2.45, 2.75) is 85.6 Å². The molecule has 3 rings (SSSR count). The SMILES string of the molecule is CC.CCC/C=C(\C(NCCC)C1CC1)N(C)CC(=O)NCC(=O)NCCCc1ccc(F)c(F)c1.Cc1ccc(Cl)cc1. The smallest absolute Gasteiger partial charge is 0.239 e. The number of likely N-dealkylation sites (N-methyl/N-ethyl adjacent to an activating group) is 1. The number of aryl methyl sites for hydroxylation is 2. The number of rotatable bonds is 16. The van der Waals surface area contributed by atoms with Crippen molar-refractivity contribution in [1.82, 2.24) is 20.9 Å². The molecule has 6 nitrogen and oxygen atoms in total. The van der Waals surface area contributed by atoms with Gasteiger partial charge in [-0.05, 0) is 87.7 Å². The van der Waals surface area contributed by atoms with Crippen LogP contribution in [-0.2, 0) is 16.0 Å². The summed E-state index contributed by atoms with van der Waals surface area (Å²) in [4.78, 5) is 26.6. The topological polar surface area (TPSA) is 73.5 Å². The third-order valence-electron chi connectivity index (χ3n) is 6.90. The van der Waals surface area contributed by atoms with Gasteiger partial charge in [0, 0.05) is 30.4 Å². The van der Waals surface area contributed by atoms with Gasteiger partial charge >= 0.3 is 0 Å². The molecule has 2 amide bonds. The number of benzene rings is 2. The van der Waals surface area contributed by atoms with E-state index in [2.05, 4.69) is 35.9 Å². The average molecular weight is 635 g/mol. The van der Waals surface area contributed by atoms with Crippen molar-refractivity contribution in [2.75, 3.05) is 33.2 Å². The van der Waals surface area contributed by atoms with Crippen molar-refractivity contribution in [3.63, 3.8) is 0 Å². The number of amides is 2. The van der Waals surface area contributed by atoms with Gasteiger partial charge in [0.05, 0.1) is 13.1 Å². The molecule has 2 aromatic carbocycles. The van der Waals surface area contributed by atoms with Gasteiger partial charge < -0.3 is 20.9 Å². The third-order valence-corrected chi connectivity index (χ3v) is 7.15. The van der Waals surface area contributed by atoms with E-state index < -0.39 is 11.6 Å². The Kier molecular flexibility index (Phi) is 20.0. The van der Waals surface area contributed by atoms with E-state index in [0.717, 1.165) is 42.6 Å². The summed E-state index contributed by atoms with van der Waals surface area (Å²) in [6.07, 6.45) is 8.84. The second kappa shape index (κ2) is 22.5. The van der Waals surface area contributed by atoms with E-state index in [9.17, 15) is 18.4 Å². The summed E-state index contributed by atoms with van der Waals surface area (Å²) in [5, 5.41) is 9.89. The first kappa shape index (κ1) is 39.1. The molecule has 246 valence electrons. The Labute approximate surface area is 269 Å². The molecule has 0 radical (unpaired) electrons. The minimum atomic E-state index is -0.869. The molecule has 0 bridgehead atoms. The monoisotopic (exact) mass is 634 g/mol. The van der Waals surface area contributed by atoms with Gasteiger partial charge in [0.2, 0.25) is 11.8 Å². The van der Waals surface area contributed by atoms with Crippen molar-refractivity contribution in [3.05, 3.63) is 82.0 Å². The van der Waals surface area contributed by atoms with Gasteiger partial charge in [-0.15, -0.1) is 0 Å². The van der Waals surface area contributed by atoms with E-state index >= 15 is 0 Å². The van der Waals surface area contributed by atoms with Gasteiger partial charge in [-0.25, -0.2) is 8.78 Å². The minimum Gasteiger partial charge on any atom is -0.368 e. The molecule has 3 N–H and O–H groups in total. The number of carbonyl (C=O) groups is 2. The predicted octanol–water partition coefficient (Wildman–Crippen LogP) is 7.20. The first-order valence-corrected chi connectivity index (χ1v) is 16.4. The molecular weight excluding hydrogens is 582 g/mol. The van der Waals surface area contributed by atoms with Crippen LogP contribution in [0.4, 0.5) is 8.78 Å². The number of hydrogen-bond acceptors (Lipinski definition) is 4. The number of allylic oxidation sites excluding steroid dienone is 1. The zero-order valence-corrected chi connectivity index (χ0v) is 28.2. The summed E-state index contributed by atoms with van der Waals surface area (Å²) in [5.74, 6) is -1.59. The minimum absolute atomic E-state index is 0.0913. The largest absolute Gasteiger partial charge is 0.368 e. The highest BCUT2D eigenvalue weighted by Crippen LogP contribution is 2.36. The quantitative estimate of drug-likeness (QED) is 0.171. The van der Waals surface area contributed by atoms with E-state index in [1.54, 1.807) is 0 Å². The van der Waals surface area contributed by atoms with Crippen LogP contribution in [0.1, 0.15) is 77.3 Å². The Balaban J connectivity index is 0.000000824. The standard InChI is InChI=1S/C26H40F2N4O2.C7H7Cl.C2H6/c1-4-6-9-23(26(20-11-12-20)30-14-5-2)32(3)18-25(34)31-17-24(33)29-15-7-8-19-10-13-21(27)22(28)16-19;1-6-2-4-7(8)5-3-6;1-2/h9-10,13,16,20,26,30H,4-8,11-12,14-15,17-18H2,1-3H3,(H,29,33)(H,31,34);2-5H,1H3;1-2H3/b23-9+;;. The van der Waals surface area contributed by atoms with Gasteiger partial charge in [0.15, 0.2) is 11.6 Å². The highest BCUT2D eigenvalue weighted by molar-refractivity contribution is 6.30. The lowest BCUT2D eigenvalue weighted by atomic mass is 10.1. The second-order valence-electron chi connectivity index (χ2n) is 10.8. The molecule has 0 spiro atoms. The molecular formula is C35H53ClF2N4O2. The van der Waals surface area contributed by atoms with Gasteiger partial charge in [-0.3, -0.25) is 9.59 Å². The summed E-state index contributed by atoms with van der Waals surface area (Å²) in [7, 11) is 1.93. The zero-order chi connectivity index (χ0) is 32.9. The van der Waals surface area contributed by atoms with Crippen molar-refractivity contribution in [3.8, 4) is 0 Å². The molecule has 1 aliphatic rings. The van der Waals surface area contributed by atoms with E-state index in [1.165, 1.54) is 30.5 Å². The Morgan fingerprint density at radius 2 is 1.66 bits per heavy atom. The van der Waals surface area contributed by atoms with Crippen LogP contribution in [0.2, 0.25) is 5.02 Å². The molecule has 0 heterocycles. The van der Waals surface area contributed by atoms with Gasteiger partial charge in [-0.1, -0.05) is 75.6 Å². The maximum atomic E-state index is 13.2. The van der Waals surface area contributed by atoms with Crippen molar-refractivity contribution in [2.24, 2.45) is 5.92 Å². The molecule has 1 fully saturated rings. The van der Waals surface area contributed by atoms with E-state index in [-0.39, 0.29) is 30.9 Å². The zero-order valence-electron chi connectivity index (χ0n) is 27.4. The molecule has 1 aliphatic carbocycles. The molecule has 44 heavy (non-hydrogen) atoms. The van der Waals surface area contributed by atoms with Crippen molar-refractivity contribution >= 4 is 23.4 Å². The molecule has 0 aromatic heterocycles. The molecule has 1 unspecified atom stereocenters. The average Bonchev–Trinajstić information content (AvgIpc) is 3.86. The van der Waals surface area contributed by atoms with Crippen LogP contribution < -0.4 is 16.0 Å². The number of carbonyl (C=O) groups excluding carboxylic acids is 2. The Morgan fingerprint density at radius 3 is 2.23 bits per heavy atom. The van der Waals surface area contributed by atoms with Crippen LogP contribution in [0.5, 0.6) is 0 Å². The summed E-state index contributed by atoms with van der Waals surface area (Å²) >= 11 is 5.61. The number of nitrogens with zero attached hydrogens (tertiary/aromatic N) is 1. The molecule has 1 atom stereocenters. The molecule has 1 saturated carbocycles. The first-order valence-electron chi connectivity index (χ1n) is 16.0. The third kappa shape index (κ3) is 16.2. The highest BCUT2D eigenvalue weighted by Gasteiger charge is 2.34. The van der Waals surface area contributed by atoms with Crippen LogP contribution in [0, 0.1) is 24.5 Å². The maximum absolute atomic E-state index is 13.2. The maximum Gasteiger partial charge on any atom is 0.239 e. The summed E-state index contributed by atoms with van der Waals surface area (Å²) in [6.45, 7) is 11.8. The normalized spacial score (nSPS) is 13.1. The van der Waals surface area contributed by atoms with E-state index in [4.69, 9.17) is 11.6 Å². The predicted molar refractivity (Wildman–Crippen MR) is 179 cm³/mol. The first-order chi connectivity index (χ1) is 21.1. The van der Waals surface area contributed by atoms with Gasteiger partial charge in [0.25, 0.3) is 0 Å². The van der Waals surface area contributed by atoms with E-state index in [0.29, 0.717) is 30.9 Å². The van der Waals surface area contributed by atoms with Crippen LogP contribution >= 0.6 is 11.6 Å². The summed E-state index contributed by atoms with van der Waals surface area (Å²) in [6, 6.07) is 11.8. The number of unbranched alkanes of at least 4 members (excludes halogenated alkanes) is 1. The van der Waals surface area contributed by atoms with Crippen molar-refractivity contribution in [1.29, 1.82) is 0 Å². The fourth-order valence-electron chi connectivity index (χ4n) is 4.41. The van der Waals surface area contributed by atoms with Crippen LogP contribution in [0.25, 0.3) is 0 Å². The van der Waals surface area contributed by atoms with Crippen LogP contribution in [0.15, 0.2) is 54.2 Å². The van der Waals surface area contributed by atoms with Crippen LogP contribution in [0.3, 0.4) is 0 Å². The molecule has 9 heteroatoms. The summed E-state index contributed by atoms with van der Waals surface area (Å²) < 4.78 is 26.2. The lowest BCUT2D eigenvalue weighted by molar-refractivity contribution is -0.126. The number of hydrogen-bond donors (Lipinski definition) is 3. The Morgan fingerprint density at radius 1 is 0.977 bits per heavy atom. The highest BCUT2D eigenvalue weighted by atomic mass is 35.5. The van der Waals surface area contributed by atoms with Gasteiger partial charge in [-0.2, -0.15) is 0 Å². The van der Waals surface area contributed by atoms with Gasteiger partial charge in [0.1, 0.15) is 0 Å². The fourth-order valence-corrected chi connectivity index (χ4v) is 4.53. The molecule has 0 aliphatic heterocycles. The van der Waals surface area contributed by atoms with Crippen molar-refractivity contribution < 1.29 is 18.4 Å². The Bertz CT molecular complexity index is 1120. The lowest BCUT2D eigenvalue weighted by Crippen LogP contribution is -2.45. The van der Waals surface area contributed by atoms with E-state index in [1.807, 2.05) is 57.0 Å². The molecule has 0 saturated heterocycles. The molecule has 2 aromatic rings. The number of halogens is 3. The number of nitrogens with one attached hydrogen (secondary N) is 3. The Hall–Kier alpha value is -2.97. The second-order valence-corrected chi connectivity index (χ2v) is 11.3. The fraction of sp³-hybridized carbons (Fsp3) is 0.543. The lowest BCUT2D eigenvalue weighted by Gasteiger charge is -2.30. The summed E-state index contributed by atoms with van der Waals surface area (Å²) in [5.41, 5.74) is 3.08. The van der Waals surface area contributed by atoms with Crippen LogP contribution in [-0.4, -0.2) is 56.0 Å².